The van der Waals surface area contributed by atoms with Gasteiger partial charge in [0.1, 0.15) is 0 Å². The van der Waals surface area contributed by atoms with Gasteiger partial charge in [-0.05, 0) is 45.8 Å². The minimum Gasteiger partial charge on any atom is -0.478 e. The Morgan fingerprint density at radius 1 is 1.37 bits per heavy atom. The number of hydrogen-bond donors (Lipinski definition) is 1. The summed E-state index contributed by atoms with van der Waals surface area (Å²) in [6, 6.07) is 8.29. The molecule has 98 valence electrons. The van der Waals surface area contributed by atoms with Gasteiger partial charge in [-0.15, -0.1) is 0 Å². The van der Waals surface area contributed by atoms with Crippen LogP contribution in [-0.4, -0.2) is 20.3 Å². The highest BCUT2D eigenvalue weighted by Crippen LogP contribution is 2.21. The molecule has 19 heavy (non-hydrogen) atoms. The van der Waals surface area contributed by atoms with Crippen LogP contribution in [0.2, 0.25) is 0 Å². The highest BCUT2D eigenvalue weighted by Gasteiger charge is 2.12. The van der Waals surface area contributed by atoms with E-state index in [1.807, 2.05) is 6.07 Å². The van der Waals surface area contributed by atoms with Crippen LogP contribution in [0.25, 0.3) is 0 Å². The Hall–Kier alpha value is -1.53. The lowest BCUT2D eigenvalue weighted by Gasteiger charge is -2.05. The Labute approximate surface area is 121 Å². The third kappa shape index (κ3) is 3.48. The second-order valence-electron chi connectivity index (χ2n) is 3.80. The molecule has 0 fully saturated rings. The van der Waals surface area contributed by atoms with Gasteiger partial charge in [-0.1, -0.05) is 6.07 Å². The van der Waals surface area contributed by atoms with E-state index in [0.717, 1.165) is 5.56 Å². The fraction of sp³-hybridized carbons (Fsp3) is 0.0769. The van der Waals surface area contributed by atoms with E-state index in [4.69, 9.17) is 5.11 Å². The Kier molecular flexibility index (Phi) is 4.44. The number of aromatic carboxylic acids is 1. The van der Waals surface area contributed by atoms with Gasteiger partial charge in [0.05, 0.1) is 22.1 Å². The van der Waals surface area contributed by atoms with E-state index >= 15 is 0 Å². The SMILES string of the molecule is O=C(O)c1cc(S(=O)Cc2cccnc2)ccc1Br. The van der Waals surface area contributed by atoms with Gasteiger partial charge in [-0.3, -0.25) is 9.19 Å². The van der Waals surface area contributed by atoms with Gasteiger partial charge >= 0.3 is 5.97 Å². The van der Waals surface area contributed by atoms with Crippen LogP contribution in [0.5, 0.6) is 0 Å². The molecule has 1 heterocycles. The molecule has 1 unspecified atom stereocenters. The first-order valence-corrected chi connectivity index (χ1v) is 7.49. The number of aromatic nitrogens is 1. The van der Waals surface area contributed by atoms with Gasteiger partial charge in [0.2, 0.25) is 0 Å². The van der Waals surface area contributed by atoms with Crippen LogP contribution >= 0.6 is 15.9 Å². The first-order chi connectivity index (χ1) is 9.08. The molecule has 0 spiro atoms. The van der Waals surface area contributed by atoms with Crippen LogP contribution < -0.4 is 0 Å². The van der Waals surface area contributed by atoms with Crippen molar-refractivity contribution < 1.29 is 14.1 Å². The molecule has 0 saturated heterocycles. The normalized spacial score (nSPS) is 12.1. The van der Waals surface area contributed by atoms with E-state index in [9.17, 15) is 9.00 Å². The molecule has 0 aliphatic carbocycles. The molecule has 1 atom stereocenters. The predicted molar refractivity (Wildman–Crippen MR) is 75.5 cm³/mol. The van der Waals surface area contributed by atoms with Crippen LogP contribution in [0.4, 0.5) is 0 Å². The van der Waals surface area contributed by atoms with E-state index in [1.54, 1.807) is 30.6 Å². The van der Waals surface area contributed by atoms with E-state index in [1.165, 1.54) is 6.07 Å². The maximum Gasteiger partial charge on any atom is 0.336 e. The third-order valence-corrected chi connectivity index (χ3v) is 4.52. The quantitative estimate of drug-likeness (QED) is 0.929. The number of benzene rings is 1. The maximum absolute atomic E-state index is 12.2. The second kappa shape index (κ2) is 6.08. The van der Waals surface area contributed by atoms with Gasteiger partial charge in [0, 0.05) is 21.8 Å². The van der Waals surface area contributed by atoms with Crippen molar-refractivity contribution in [3.8, 4) is 0 Å². The van der Waals surface area contributed by atoms with Crippen LogP contribution in [0.3, 0.4) is 0 Å². The summed E-state index contributed by atoms with van der Waals surface area (Å²) in [7, 11) is -1.29. The zero-order chi connectivity index (χ0) is 13.8. The van der Waals surface area contributed by atoms with E-state index < -0.39 is 16.8 Å². The molecule has 4 nitrogen and oxygen atoms in total. The van der Waals surface area contributed by atoms with E-state index in [-0.39, 0.29) is 5.56 Å². The van der Waals surface area contributed by atoms with Crippen molar-refractivity contribution in [2.75, 3.05) is 0 Å². The lowest BCUT2D eigenvalue weighted by Crippen LogP contribution is -2.02. The summed E-state index contributed by atoms with van der Waals surface area (Å²) >= 11 is 3.16. The fourth-order valence-corrected chi connectivity index (χ4v) is 3.05. The Morgan fingerprint density at radius 3 is 2.79 bits per heavy atom. The van der Waals surface area contributed by atoms with Gasteiger partial charge in [-0.25, -0.2) is 4.79 Å². The van der Waals surface area contributed by atoms with Crippen molar-refractivity contribution in [3.05, 3.63) is 58.3 Å². The number of halogens is 1. The number of carbonyl (C=O) groups is 1. The summed E-state index contributed by atoms with van der Waals surface area (Å²) in [6.45, 7) is 0. The number of pyridine rings is 1. The number of hydrogen-bond acceptors (Lipinski definition) is 3. The van der Waals surface area contributed by atoms with Gasteiger partial charge < -0.3 is 5.11 Å². The minimum absolute atomic E-state index is 0.108. The highest BCUT2D eigenvalue weighted by atomic mass is 79.9. The van der Waals surface area contributed by atoms with Crippen LogP contribution in [0.15, 0.2) is 52.1 Å². The number of nitrogens with zero attached hydrogens (tertiary/aromatic N) is 1. The topological polar surface area (TPSA) is 67.3 Å². The Morgan fingerprint density at radius 2 is 2.16 bits per heavy atom. The minimum atomic E-state index is -1.29. The number of carboxylic acid groups (broad SMARTS) is 1. The fourth-order valence-electron chi connectivity index (χ4n) is 1.53. The molecule has 1 aromatic heterocycles. The van der Waals surface area contributed by atoms with Crippen molar-refractivity contribution in [1.82, 2.24) is 4.98 Å². The average molecular weight is 340 g/mol. The Bertz CT molecular complexity index is 631. The molecule has 1 aromatic carbocycles. The molecular weight excluding hydrogens is 330 g/mol. The molecule has 0 aliphatic rings. The van der Waals surface area contributed by atoms with Crippen LogP contribution in [0.1, 0.15) is 15.9 Å². The molecule has 6 heteroatoms. The Balaban J connectivity index is 2.25. The largest absolute Gasteiger partial charge is 0.478 e. The summed E-state index contributed by atoms with van der Waals surface area (Å²) in [5.74, 6) is -0.735. The first kappa shape index (κ1) is 13.9. The third-order valence-electron chi connectivity index (χ3n) is 2.45. The summed E-state index contributed by atoms with van der Waals surface area (Å²) in [5, 5.41) is 9.02. The zero-order valence-corrected chi connectivity index (χ0v) is 12.1. The zero-order valence-electron chi connectivity index (χ0n) is 9.75. The average Bonchev–Trinajstić information content (AvgIpc) is 2.40. The van der Waals surface area contributed by atoms with Crippen LogP contribution in [0, 0.1) is 0 Å². The molecule has 2 rings (SSSR count). The first-order valence-electron chi connectivity index (χ1n) is 5.38. The smallest absolute Gasteiger partial charge is 0.336 e. The van der Waals surface area contributed by atoms with Gasteiger partial charge in [-0.2, -0.15) is 0 Å². The summed E-state index contributed by atoms with van der Waals surface area (Å²) in [6.07, 6.45) is 3.30. The lowest BCUT2D eigenvalue weighted by atomic mass is 10.2. The summed E-state index contributed by atoms with van der Waals surface area (Å²) in [4.78, 5) is 15.5. The standard InChI is InChI=1S/C13H10BrNO3S/c14-12-4-3-10(6-11(12)13(16)17)19(18)8-9-2-1-5-15-7-9/h1-7H,8H2,(H,16,17). The summed E-state index contributed by atoms with van der Waals surface area (Å²) < 4.78 is 12.6. The van der Waals surface area contributed by atoms with Gasteiger partial charge in [0.15, 0.2) is 0 Å². The lowest BCUT2D eigenvalue weighted by molar-refractivity contribution is 0.0695. The molecule has 1 N–H and O–H groups in total. The molecule has 0 saturated carbocycles. The molecule has 0 amide bonds. The maximum atomic E-state index is 12.2. The van der Waals surface area contributed by atoms with Crippen molar-refractivity contribution >= 4 is 32.7 Å². The number of carboxylic acids is 1. The predicted octanol–water partition coefficient (Wildman–Crippen LogP) is 2.85. The molecule has 0 radical (unpaired) electrons. The number of rotatable bonds is 4. The van der Waals surface area contributed by atoms with Crippen LogP contribution in [-0.2, 0) is 16.6 Å². The molecule has 0 bridgehead atoms. The van der Waals surface area contributed by atoms with Crippen molar-refractivity contribution in [3.63, 3.8) is 0 Å². The van der Waals surface area contributed by atoms with Crippen molar-refractivity contribution in [2.24, 2.45) is 0 Å². The highest BCUT2D eigenvalue weighted by molar-refractivity contribution is 9.10. The second-order valence-corrected chi connectivity index (χ2v) is 6.10. The van der Waals surface area contributed by atoms with Crippen molar-refractivity contribution in [2.45, 2.75) is 10.6 Å². The van der Waals surface area contributed by atoms with Crippen molar-refractivity contribution in [1.29, 1.82) is 0 Å². The van der Waals surface area contributed by atoms with E-state index in [0.29, 0.717) is 15.1 Å². The van der Waals surface area contributed by atoms with E-state index in [2.05, 4.69) is 20.9 Å². The monoisotopic (exact) mass is 339 g/mol. The molecular formula is C13H10BrNO3S. The molecule has 2 aromatic rings. The van der Waals surface area contributed by atoms with Gasteiger partial charge in [0.25, 0.3) is 0 Å². The summed E-state index contributed by atoms with van der Waals surface area (Å²) in [5.41, 5.74) is 0.956. The molecule has 0 aliphatic heterocycles.